The lowest BCUT2D eigenvalue weighted by Gasteiger charge is -2.34. The van der Waals surface area contributed by atoms with Gasteiger partial charge in [-0.3, -0.25) is 0 Å². The quantitative estimate of drug-likeness (QED) is 0.898. The van der Waals surface area contributed by atoms with Crippen LogP contribution in [0.2, 0.25) is 0 Å². The highest BCUT2D eigenvalue weighted by atomic mass is 32.1. The standard InChI is InChI=1S/C14H18N2OS/c1-15-5-7-16(8-6-15)13-3-2-4-14-12(13)9-11(10-17)18-14/h2-4,9,17H,5-8,10H2,1H3. The van der Waals surface area contributed by atoms with Gasteiger partial charge in [-0.25, -0.2) is 0 Å². The molecule has 3 rings (SSSR count). The Morgan fingerprint density at radius 1 is 1.22 bits per heavy atom. The maximum absolute atomic E-state index is 9.26. The minimum atomic E-state index is 0.140. The molecule has 0 aliphatic carbocycles. The fourth-order valence-electron chi connectivity index (χ4n) is 2.50. The van der Waals surface area contributed by atoms with E-state index in [1.165, 1.54) is 15.8 Å². The summed E-state index contributed by atoms with van der Waals surface area (Å²) in [5.74, 6) is 0. The number of aliphatic hydroxyl groups excluding tert-OH is 1. The number of rotatable bonds is 2. The number of thiophene rings is 1. The van der Waals surface area contributed by atoms with Gasteiger partial charge in [0.2, 0.25) is 0 Å². The second-order valence-electron chi connectivity index (χ2n) is 4.85. The predicted molar refractivity (Wildman–Crippen MR) is 77.5 cm³/mol. The van der Waals surface area contributed by atoms with Gasteiger partial charge >= 0.3 is 0 Å². The van der Waals surface area contributed by atoms with Crippen LogP contribution >= 0.6 is 11.3 Å². The van der Waals surface area contributed by atoms with Crippen molar-refractivity contribution in [2.75, 3.05) is 38.1 Å². The summed E-state index contributed by atoms with van der Waals surface area (Å²) in [4.78, 5) is 5.87. The van der Waals surface area contributed by atoms with Gasteiger partial charge in [-0.15, -0.1) is 11.3 Å². The van der Waals surface area contributed by atoms with Crippen molar-refractivity contribution in [1.29, 1.82) is 0 Å². The Hall–Kier alpha value is -1.10. The summed E-state index contributed by atoms with van der Waals surface area (Å²) >= 11 is 1.69. The maximum Gasteiger partial charge on any atom is 0.0774 e. The molecule has 2 aromatic rings. The maximum atomic E-state index is 9.26. The van der Waals surface area contributed by atoms with Crippen molar-refractivity contribution >= 4 is 27.1 Å². The lowest BCUT2D eigenvalue weighted by atomic mass is 10.1. The van der Waals surface area contributed by atoms with Crippen LogP contribution in [-0.2, 0) is 6.61 Å². The van der Waals surface area contributed by atoms with Crippen LogP contribution in [0.3, 0.4) is 0 Å². The van der Waals surface area contributed by atoms with Gasteiger partial charge < -0.3 is 14.9 Å². The summed E-state index contributed by atoms with van der Waals surface area (Å²) in [5, 5.41) is 10.6. The Bertz CT molecular complexity index is 544. The second kappa shape index (κ2) is 4.88. The summed E-state index contributed by atoms with van der Waals surface area (Å²) in [6.45, 7) is 4.54. The van der Waals surface area contributed by atoms with E-state index in [1.54, 1.807) is 11.3 Å². The first-order valence-corrected chi connectivity index (χ1v) is 7.15. The number of hydrogen-bond donors (Lipinski definition) is 1. The minimum Gasteiger partial charge on any atom is -0.391 e. The lowest BCUT2D eigenvalue weighted by molar-refractivity contribution is 0.285. The third kappa shape index (κ3) is 2.11. The molecular weight excluding hydrogens is 244 g/mol. The van der Waals surface area contributed by atoms with E-state index in [0.717, 1.165) is 31.1 Å². The number of aliphatic hydroxyl groups is 1. The van der Waals surface area contributed by atoms with E-state index in [0.29, 0.717) is 0 Å². The van der Waals surface area contributed by atoms with Crippen LogP contribution in [0.25, 0.3) is 10.1 Å². The summed E-state index contributed by atoms with van der Waals surface area (Å²) < 4.78 is 1.27. The Kier molecular flexibility index (Phi) is 3.24. The van der Waals surface area contributed by atoms with Crippen LogP contribution in [0, 0.1) is 0 Å². The van der Waals surface area contributed by atoms with Gasteiger partial charge in [-0.1, -0.05) is 6.07 Å². The largest absolute Gasteiger partial charge is 0.391 e. The third-order valence-electron chi connectivity index (χ3n) is 3.59. The van der Waals surface area contributed by atoms with Gasteiger partial charge in [-0.2, -0.15) is 0 Å². The van der Waals surface area contributed by atoms with Crippen LogP contribution < -0.4 is 4.90 Å². The number of fused-ring (bicyclic) bond motifs is 1. The molecule has 0 bridgehead atoms. The van der Waals surface area contributed by atoms with E-state index in [9.17, 15) is 5.11 Å². The van der Waals surface area contributed by atoms with Crippen LogP contribution in [-0.4, -0.2) is 43.2 Å². The normalized spacial score (nSPS) is 17.6. The molecule has 1 aromatic heterocycles. The predicted octanol–water partition coefficient (Wildman–Crippen LogP) is 2.15. The average Bonchev–Trinajstić information content (AvgIpc) is 2.82. The van der Waals surface area contributed by atoms with Crippen LogP contribution in [0.15, 0.2) is 24.3 Å². The average molecular weight is 262 g/mol. The highest BCUT2D eigenvalue weighted by Crippen LogP contribution is 2.33. The molecule has 0 amide bonds. The second-order valence-corrected chi connectivity index (χ2v) is 6.02. The zero-order valence-corrected chi connectivity index (χ0v) is 11.4. The summed E-state index contributed by atoms with van der Waals surface area (Å²) in [5.41, 5.74) is 1.32. The highest BCUT2D eigenvalue weighted by Gasteiger charge is 2.16. The zero-order chi connectivity index (χ0) is 12.5. The molecule has 1 N–H and O–H groups in total. The number of piperazine rings is 1. The molecule has 1 saturated heterocycles. The number of benzene rings is 1. The first kappa shape index (κ1) is 12.0. The van der Waals surface area contributed by atoms with Gasteiger partial charge in [0.15, 0.2) is 0 Å². The minimum absolute atomic E-state index is 0.140. The van der Waals surface area contributed by atoms with E-state index >= 15 is 0 Å². The number of anilines is 1. The summed E-state index contributed by atoms with van der Waals surface area (Å²) in [6, 6.07) is 8.58. The molecule has 0 unspecified atom stereocenters. The van der Waals surface area contributed by atoms with Gasteiger partial charge in [-0.05, 0) is 25.2 Å². The monoisotopic (exact) mass is 262 g/mol. The van der Waals surface area contributed by atoms with Crippen LogP contribution in [0.4, 0.5) is 5.69 Å². The van der Waals surface area contributed by atoms with Gasteiger partial charge in [0, 0.05) is 46.8 Å². The Labute approximate surface area is 111 Å². The zero-order valence-electron chi connectivity index (χ0n) is 10.6. The molecule has 4 heteroatoms. The van der Waals surface area contributed by atoms with E-state index in [1.807, 2.05) is 0 Å². The van der Waals surface area contributed by atoms with Crippen molar-refractivity contribution < 1.29 is 5.11 Å². The molecule has 0 atom stereocenters. The van der Waals surface area contributed by atoms with E-state index in [2.05, 4.69) is 41.1 Å². The summed E-state index contributed by atoms with van der Waals surface area (Å²) in [6.07, 6.45) is 0. The van der Waals surface area contributed by atoms with Crippen molar-refractivity contribution in [2.24, 2.45) is 0 Å². The molecular formula is C14H18N2OS. The molecule has 1 aliphatic rings. The molecule has 18 heavy (non-hydrogen) atoms. The molecule has 1 aromatic carbocycles. The van der Waals surface area contributed by atoms with Crippen molar-refractivity contribution in [2.45, 2.75) is 6.61 Å². The van der Waals surface area contributed by atoms with E-state index < -0.39 is 0 Å². The van der Waals surface area contributed by atoms with Gasteiger partial charge in [0.05, 0.1) is 6.61 Å². The van der Waals surface area contributed by atoms with Crippen molar-refractivity contribution in [1.82, 2.24) is 4.90 Å². The molecule has 2 heterocycles. The van der Waals surface area contributed by atoms with Crippen molar-refractivity contribution in [3.05, 3.63) is 29.1 Å². The highest BCUT2D eigenvalue weighted by molar-refractivity contribution is 7.19. The molecule has 1 aliphatic heterocycles. The lowest BCUT2D eigenvalue weighted by Crippen LogP contribution is -2.44. The molecule has 1 fully saturated rings. The molecule has 96 valence electrons. The smallest absolute Gasteiger partial charge is 0.0774 e. The first-order chi connectivity index (χ1) is 8.78. The van der Waals surface area contributed by atoms with Crippen molar-refractivity contribution in [3.63, 3.8) is 0 Å². The Morgan fingerprint density at radius 2 is 2.00 bits per heavy atom. The van der Waals surface area contributed by atoms with Gasteiger partial charge in [0.1, 0.15) is 0 Å². The number of likely N-dealkylation sites (N-methyl/N-ethyl adjacent to an activating group) is 1. The van der Waals surface area contributed by atoms with Crippen molar-refractivity contribution in [3.8, 4) is 0 Å². The molecule has 0 spiro atoms. The fourth-order valence-corrected chi connectivity index (χ4v) is 3.44. The van der Waals surface area contributed by atoms with E-state index in [4.69, 9.17) is 0 Å². The fraction of sp³-hybridized carbons (Fsp3) is 0.429. The number of hydrogen-bond acceptors (Lipinski definition) is 4. The summed E-state index contributed by atoms with van der Waals surface area (Å²) in [7, 11) is 2.17. The van der Waals surface area contributed by atoms with Gasteiger partial charge in [0.25, 0.3) is 0 Å². The topological polar surface area (TPSA) is 26.7 Å². The first-order valence-electron chi connectivity index (χ1n) is 6.34. The SMILES string of the molecule is CN1CCN(c2cccc3sc(CO)cc23)CC1. The molecule has 0 saturated carbocycles. The van der Waals surface area contributed by atoms with Crippen LogP contribution in [0.5, 0.6) is 0 Å². The van der Waals surface area contributed by atoms with E-state index in [-0.39, 0.29) is 6.61 Å². The molecule has 3 nitrogen and oxygen atoms in total. The Balaban J connectivity index is 1.98. The Morgan fingerprint density at radius 3 is 2.72 bits per heavy atom. The third-order valence-corrected chi connectivity index (χ3v) is 4.67. The number of nitrogens with zero attached hydrogens (tertiary/aromatic N) is 2. The molecule has 0 radical (unpaired) electrons. The van der Waals surface area contributed by atoms with Crippen LogP contribution in [0.1, 0.15) is 4.88 Å².